The molecule has 1 heteroatoms. The normalized spacial score (nSPS) is 14.2. The first kappa shape index (κ1) is 15.6. The van der Waals surface area contributed by atoms with Crippen LogP contribution in [0.25, 0.3) is 5.57 Å². The maximum atomic E-state index is 4.25. The number of benzene rings is 1. The Kier molecular flexibility index (Phi) is 5.44. The van der Waals surface area contributed by atoms with E-state index in [-0.39, 0.29) is 0 Å². The summed E-state index contributed by atoms with van der Waals surface area (Å²) in [6.45, 7) is 9.89. The Labute approximate surface area is 129 Å². The van der Waals surface area contributed by atoms with Gasteiger partial charge in [-0.15, -0.1) is 0 Å². The minimum atomic E-state index is 0.747. The van der Waals surface area contributed by atoms with E-state index >= 15 is 0 Å². The van der Waals surface area contributed by atoms with Crippen LogP contribution in [0.15, 0.2) is 54.6 Å². The van der Waals surface area contributed by atoms with Gasteiger partial charge in [0.05, 0.1) is 0 Å². The summed E-state index contributed by atoms with van der Waals surface area (Å²) in [6.07, 6.45) is 10.2. The van der Waals surface area contributed by atoms with Crippen LogP contribution < -0.4 is 4.90 Å². The van der Waals surface area contributed by atoms with Crippen molar-refractivity contribution in [1.82, 2.24) is 0 Å². The van der Waals surface area contributed by atoms with E-state index in [1.807, 2.05) is 0 Å². The monoisotopic (exact) mass is 281 g/mol. The lowest BCUT2D eigenvalue weighted by molar-refractivity contribution is 0.585. The summed E-state index contributed by atoms with van der Waals surface area (Å²) in [5.74, 6) is 0.747. The van der Waals surface area contributed by atoms with E-state index in [1.54, 1.807) is 0 Å². The average molecular weight is 281 g/mol. The minimum Gasteiger partial charge on any atom is -0.375 e. The Hall–Kier alpha value is -1.76. The number of allylic oxidation sites excluding steroid dienone is 5. The van der Waals surface area contributed by atoms with E-state index in [0.717, 1.165) is 30.9 Å². The molecule has 2 rings (SSSR count). The van der Waals surface area contributed by atoms with Gasteiger partial charge < -0.3 is 4.90 Å². The van der Waals surface area contributed by atoms with Crippen LogP contribution in [0.1, 0.15) is 38.7 Å². The molecule has 0 aromatic heterocycles. The third-order valence-corrected chi connectivity index (χ3v) is 4.04. The number of hydrogen-bond acceptors (Lipinski definition) is 1. The lowest BCUT2D eigenvalue weighted by Gasteiger charge is -2.21. The fourth-order valence-electron chi connectivity index (χ4n) is 2.50. The summed E-state index contributed by atoms with van der Waals surface area (Å²) in [5, 5.41) is 0. The molecule has 0 unspecified atom stereocenters. The van der Waals surface area contributed by atoms with E-state index in [9.17, 15) is 0 Å². The van der Waals surface area contributed by atoms with Crippen LogP contribution in [0.2, 0.25) is 0 Å². The summed E-state index contributed by atoms with van der Waals surface area (Å²) in [5.41, 5.74) is 4.89. The topological polar surface area (TPSA) is 3.24 Å². The summed E-state index contributed by atoms with van der Waals surface area (Å²) in [7, 11) is 2.17. The second-order valence-electron chi connectivity index (χ2n) is 6.27. The highest BCUT2D eigenvalue weighted by Crippen LogP contribution is 2.27. The number of hydrogen-bond donors (Lipinski definition) is 0. The molecule has 0 spiro atoms. The van der Waals surface area contributed by atoms with Crippen molar-refractivity contribution in [3.05, 3.63) is 60.2 Å². The molecule has 0 amide bonds. The zero-order valence-electron chi connectivity index (χ0n) is 13.6. The van der Waals surface area contributed by atoms with Gasteiger partial charge in [0.2, 0.25) is 0 Å². The van der Waals surface area contributed by atoms with Crippen molar-refractivity contribution in [2.45, 2.75) is 33.1 Å². The first-order valence-electron chi connectivity index (χ1n) is 7.95. The molecule has 0 aliphatic heterocycles. The highest BCUT2D eigenvalue weighted by Gasteiger charge is 2.07. The maximum absolute atomic E-state index is 4.25. The van der Waals surface area contributed by atoms with Crippen LogP contribution in [0.5, 0.6) is 0 Å². The van der Waals surface area contributed by atoms with Gasteiger partial charge in [0.15, 0.2) is 0 Å². The largest absolute Gasteiger partial charge is 0.375 e. The van der Waals surface area contributed by atoms with Gasteiger partial charge in [-0.1, -0.05) is 50.8 Å². The van der Waals surface area contributed by atoms with Crippen LogP contribution >= 0.6 is 0 Å². The quantitative estimate of drug-likeness (QED) is 0.669. The fourth-order valence-corrected chi connectivity index (χ4v) is 2.50. The second-order valence-corrected chi connectivity index (χ2v) is 6.27. The Bertz CT molecular complexity index is 531. The number of rotatable bonds is 6. The minimum absolute atomic E-state index is 0.747. The van der Waals surface area contributed by atoms with Crippen LogP contribution in [0, 0.1) is 5.92 Å². The van der Waals surface area contributed by atoms with Gasteiger partial charge in [-0.2, -0.15) is 0 Å². The van der Waals surface area contributed by atoms with Crippen LogP contribution in [0.4, 0.5) is 5.69 Å². The smallest absolute Gasteiger partial charge is 0.0364 e. The van der Waals surface area contributed by atoms with Gasteiger partial charge in [-0.05, 0) is 54.0 Å². The first-order valence-corrected chi connectivity index (χ1v) is 7.95. The molecule has 1 aliphatic carbocycles. The van der Waals surface area contributed by atoms with Gasteiger partial charge in [-0.25, -0.2) is 0 Å². The predicted octanol–water partition coefficient (Wildman–Crippen LogP) is 5.46. The van der Waals surface area contributed by atoms with E-state index in [1.165, 1.54) is 23.2 Å². The molecular formula is C20H27N. The number of nitrogens with zero attached hydrogens (tertiary/aromatic N) is 1. The second kappa shape index (κ2) is 7.31. The molecule has 1 nitrogen and oxygen atoms in total. The zero-order valence-corrected chi connectivity index (χ0v) is 13.6. The summed E-state index contributed by atoms with van der Waals surface area (Å²) in [4.78, 5) is 2.33. The summed E-state index contributed by atoms with van der Waals surface area (Å²) < 4.78 is 0. The molecule has 1 aliphatic rings. The van der Waals surface area contributed by atoms with Crippen LogP contribution in [-0.4, -0.2) is 13.6 Å². The van der Waals surface area contributed by atoms with Crippen LogP contribution in [-0.2, 0) is 0 Å². The van der Waals surface area contributed by atoms with Gasteiger partial charge in [0.1, 0.15) is 0 Å². The van der Waals surface area contributed by atoms with Gasteiger partial charge in [0, 0.05) is 19.3 Å². The van der Waals surface area contributed by atoms with Crippen molar-refractivity contribution < 1.29 is 0 Å². The van der Waals surface area contributed by atoms with Crippen molar-refractivity contribution in [3.8, 4) is 0 Å². The molecule has 112 valence electrons. The third kappa shape index (κ3) is 4.35. The summed E-state index contributed by atoms with van der Waals surface area (Å²) >= 11 is 0. The molecule has 0 bridgehead atoms. The fraction of sp³-hybridized carbons (Fsp3) is 0.400. The van der Waals surface area contributed by atoms with Crippen molar-refractivity contribution >= 4 is 11.3 Å². The first-order chi connectivity index (χ1) is 10.1. The Morgan fingerprint density at radius 2 is 1.90 bits per heavy atom. The Balaban J connectivity index is 2.03. The molecule has 0 heterocycles. The molecule has 1 aromatic carbocycles. The standard InChI is InChI=1S/C20H27N/c1-16(2)14-15-21(4)20-12-10-19(11-13-20)17(3)18-8-6-5-7-9-18/h6,8-13,16H,3,5,7,14-15H2,1-2,4H3. The van der Waals surface area contributed by atoms with Crippen molar-refractivity contribution in [3.63, 3.8) is 0 Å². The van der Waals surface area contributed by atoms with Gasteiger partial charge in [0.25, 0.3) is 0 Å². The average Bonchev–Trinajstić information content (AvgIpc) is 2.53. The molecule has 21 heavy (non-hydrogen) atoms. The molecule has 0 atom stereocenters. The lowest BCUT2D eigenvalue weighted by Crippen LogP contribution is -2.19. The SMILES string of the molecule is C=C(C1=CCCC=C1)c1ccc(N(C)CCC(C)C)cc1. The molecular weight excluding hydrogens is 254 g/mol. The van der Waals surface area contributed by atoms with Crippen molar-refractivity contribution in [1.29, 1.82) is 0 Å². The van der Waals surface area contributed by atoms with Gasteiger partial charge in [-0.3, -0.25) is 0 Å². The molecule has 0 N–H and O–H groups in total. The van der Waals surface area contributed by atoms with Crippen LogP contribution in [0.3, 0.4) is 0 Å². The van der Waals surface area contributed by atoms with Crippen molar-refractivity contribution in [2.75, 3.05) is 18.5 Å². The molecule has 1 aromatic rings. The highest BCUT2D eigenvalue weighted by atomic mass is 15.1. The van der Waals surface area contributed by atoms with E-state index in [2.05, 4.69) is 74.9 Å². The van der Waals surface area contributed by atoms with E-state index < -0.39 is 0 Å². The lowest BCUT2D eigenvalue weighted by atomic mass is 9.95. The predicted molar refractivity (Wildman–Crippen MR) is 94.7 cm³/mol. The molecule has 0 fully saturated rings. The Morgan fingerprint density at radius 1 is 1.19 bits per heavy atom. The number of anilines is 1. The molecule has 0 saturated carbocycles. The highest BCUT2D eigenvalue weighted by molar-refractivity contribution is 5.81. The van der Waals surface area contributed by atoms with E-state index in [4.69, 9.17) is 0 Å². The van der Waals surface area contributed by atoms with Crippen molar-refractivity contribution in [2.24, 2.45) is 5.92 Å². The molecule has 0 radical (unpaired) electrons. The van der Waals surface area contributed by atoms with Gasteiger partial charge >= 0.3 is 0 Å². The maximum Gasteiger partial charge on any atom is 0.0364 e. The Morgan fingerprint density at radius 3 is 2.48 bits per heavy atom. The summed E-state index contributed by atoms with van der Waals surface area (Å²) in [6, 6.07) is 8.78. The zero-order chi connectivity index (χ0) is 15.2. The van der Waals surface area contributed by atoms with E-state index in [0.29, 0.717) is 0 Å². The molecule has 0 saturated heterocycles. The third-order valence-electron chi connectivity index (χ3n) is 4.04.